The van der Waals surface area contributed by atoms with Gasteiger partial charge in [-0.05, 0) is 60.9 Å². The van der Waals surface area contributed by atoms with Crippen LogP contribution >= 0.6 is 34.9 Å². The predicted octanol–water partition coefficient (Wildman–Crippen LogP) is 6.08. The highest BCUT2D eigenvalue weighted by Crippen LogP contribution is 2.33. The van der Waals surface area contributed by atoms with Gasteiger partial charge in [-0.1, -0.05) is 11.3 Å². The minimum Gasteiger partial charge on any atom is -0.467 e. The van der Waals surface area contributed by atoms with Crippen LogP contribution in [0.4, 0.5) is 9.52 Å². The smallest absolute Gasteiger partial charge is 0.239 e. The lowest BCUT2D eigenvalue weighted by atomic mass is 10.3. The van der Waals surface area contributed by atoms with Crippen LogP contribution in [-0.2, 0) is 11.3 Å². The number of aromatic nitrogens is 1. The van der Waals surface area contributed by atoms with E-state index in [2.05, 4.69) is 11.1 Å². The van der Waals surface area contributed by atoms with Crippen LogP contribution in [0.2, 0.25) is 0 Å². The van der Waals surface area contributed by atoms with Crippen LogP contribution in [0.1, 0.15) is 5.76 Å². The number of amides is 1. The molecule has 0 aliphatic heterocycles. The SMILES string of the molecule is CSc1ccc2nc(N(Cc3ccco3)C(=O)CSc3ccc(F)cc3)sc2c1. The van der Waals surface area contributed by atoms with E-state index >= 15 is 0 Å². The number of carbonyl (C=O) groups excluding carboxylic acids is 1. The molecule has 0 radical (unpaired) electrons. The molecule has 0 aliphatic carbocycles. The molecule has 0 bridgehead atoms. The first-order valence-electron chi connectivity index (χ1n) is 8.78. The first kappa shape index (κ1) is 20.0. The van der Waals surface area contributed by atoms with Crippen molar-refractivity contribution >= 4 is 56.1 Å². The molecule has 4 rings (SSSR count). The topological polar surface area (TPSA) is 46.3 Å². The highest BCUT2D eigenvalue weighted by atomic mass is 32.2. The molecule has 0 spiro atoms. The lowest BCUT2D eigenvalue weighted by Gasteiger charge is -2.18. The average Bonchev–Trinajstić information content (AvgIpc) is 3.40. The Bertz CT molecular complexity index is 1110. The van der Waals surface area contributed by atoms with Crippen LogP contribution < -0.4 is 4.90 Å². The van der Waals surface area contributed by atoms with E-state index in [0.29, 0.717) is 17.4 Å². The highest BCUT2D eigenvalue weighted by Gasteiger charge is 2.21. The first-order chi connectivity index (χ1) is 14.1. The summed E-state index contributed by atoms with van der Waals surface area (Å²) in [5.41, 5.74) is 0.867. The van der Waals surface area contributed by atoms with Crippen molar-refractivity contribution in [1.29, 1.82) is 0 Å². The molecular weight excluding hydrogens is 427 g/mol. The predicted molar refractivity (Wildman–Crippen MR) is 118 cm³/mol. The largest absolute Gasteiger partial charge is 0.467 e. The zero-order valence-corrected chi connectivity index (χ0v) is 18.0. The molecular formula is C21H17FN2O2S3. The van der Waals surface area contributed by atoms with Crippen LogP contribution in [-0.4, -0.2) is 22.9 Å². The van der Waals surface area contributed by atoms with Gasteiger partial charge in [0.05, 0.1) is 28.8 Å². The minimum atomic E-state index is -0.292. The second-order valence-corrected chi connectivity index (χ2v) is 9.07. The van der Waals surface area contributed by atoms with Crippen molar-refractivity contribution < 1.29 is 13.6 Å². The molecule has 1 amide bonds. The molecule has 0 atom stereocenters. The van der Waals surface area contributed by atoms with Gasteiger partial charge in [0, 0.05) is 9.79 Å². The van der Waals surface area contributed by atoms with Crippen molar-refractivity contribution in [2.45, 2.75) is 16.3 Å². The molecule has 4 nitrogen and oxygen atoms in total. The van der Waals surface area contributed by atoms with Crippen molar-refractivity contribution in [2.24, 2.45) is 0 Å². The van der Waals surface area contributed by atoms with Crippen molar-refractivity contribution in [3.8, 4) is 0 Å². The number of fused-ring (bicyclic) bond motifs is 1. The third-order valence-electron chi connectivity index (χ3n) is 4.19. The fraction of sp³-hybridized carbons (Fsp3) is 0.143. The second kappa shape index (κ2) is 9.02. The molecule has 2 aromatic carbocycles. The number of anilines is 1. The molecule has 0 N–H and O–H groups in total. The maximum atomic E-state index is 13.1. The van der Waals surface area contributed by atoms with Crippen molar-refractivity contribution in [3.05, 3.63) is 72.4 Å². The molecule has 0 unspecified atom stereocenters. The Labute approximate surface area is 180 Å². The monoisotopic (exact) mass is 444 g/mol. The molecule has 2 aromatic heterocycles. The summed E-state index contributed by atoms with van der Waals surface area (Å²) in [5.74, 6) is 0.534. The summed E-state index contributed by atoms with van der Waals surface area (Å²) < 4.78 is 19.6. The Hall–Kier alpha value is -2.29. The number of furan rings is 1. The van der Waals surface area contributed by atoms with Gasteiger partial charge in [0.2, 0.25) is 5.91 Å². The van der Waals surface area contributed by atoms with Crippen molar-refractivity contribution in [2.75, 3.05) is 16.9 Å². The van der Waals surface area contributed by atoms with Crippen LogP contribution in [0.5, 0.6) is 0 Å². The second-order valence-electron chi connectivity index (χ2n) is 6.13. The number of rotatable bonds is 7. The quantitative estimate of drug-likeness (QED) is 0.324. The molecule has 148 valence electrons. The zero-order chi connectivity index (χ0) is 20.2. The van der Waals surface area contributed by atoms with Crippen molar-refractivity contribution in [1.82, 2.24) is 4.98 Å². The summed E-state index contributed by atoms with van der Waals surface area (Å²) in [7, 11) is 0. The zero-order valence-electron chi connectivity index (χ0n) is 15.5. The van der Waals surface area contributed by atoms with Crippen LogP contribution in [0.25, 0.3) is 10.2 Å². The van der Waals surface area contributed by atoms with E-state index in [1.54, 1.807) is 41.1 Å². The summed E-state index contributed by atoms with van der Waals surface area (Å²) in [6.07, 6.45) is 3.62. The number of thiazole rings is 1. The van der Waals surface area contributed by atoms with E-state index in [1.807, 2.05) is 24.5 Å². The Morgan fingerprint density at radius 1 is 1.17 bits per heavy atom. The first-order valence-corrected chi connectivity index (χ1v) is 11.8. The van der Waals surface area contributed by atoms with Gasteiger partial charge in [-0.3, -0.25) is 9.69 Å². The summed E-state index contributed by atoms with van der Waals surface area (Å²) in [6, 6.07) is 15.9. The van der Waals surface area contributed by atoms with E-state index in [9.17, 15) is 9.18 Å². The maximum Gasteiger partial charge on any atom is 0.239 e. The highest BCUT2D eigenvalue weighted by molar-refractivity contribution is 8.00. The third kappa shape index (κ3) is 4.83. The maximum absolute atomic E-state index is 13.1. The van der Waals surface area contributed by atoms with Crippen LogP contribution in [0.3, 0.4) is 0 Å². The number of nitrogens with zero attached hydrogens (tertiary/aromatic N) is 2. The number of hydrogen-bond donors (Lipinski definition) is 0. The van der Waals surface area contributed by atoms with Gasteiger partial charge >= 0.3 is 0 Å². The van der Waals surface area contributed by atoms with E-state index < -0.39 is 0 Å². The number of hydrogen-bond acceptors (Lipinski definition) is 6. The lowest BCUT2D eigenvalue weighted by Crippen LogP contribution is -2.31. The number of thioether (sulfide) groups is 2. The molecule has 4 aromatic rings. The third-order valence-corrected chi connectivity index (χ3v) is 6.95. The van der Waals surface area contributed by atoms with E-state index in [1.165, 1.54) is 35.2 Å². The Kier molecular flexibility index (Phi) is 6.22. The average molecular weight is 445 g/mol. The summed E-state index contributed by atoms with van der Waals surface area (Å²) in [4.78, 5) is 21.4. The van der Waals surface area contributed by atoms with Gasteiger partial charge < -0.3 is 4.42 Å². The summed E-state index contributed by atoms with van der Waals surface area (Å²) in [5, 5.41) is 0.638. The van der Waals surface area contributed by atoms with Gasteiger partial charge in [-0.25, -0.2) is 9.37 Å². The minimum absolute atomic E-state index is 0.0835. The van der Waals surface area contributed by atoms with Gasteiger partial charge in [-0.2, -0.15) is 0 Å². The van der Waals surface area contributed by atoms with Gasteiger partial charge in [0.25, 0.3) is 0 Å². The van der Waals surface area contributed by atoms with E-state index in [0.717, 1.165) is 20.0 Å². The normalized spacial score (nSPS) is 11.1. The van der Waals surface area contributed by atoms with E-state index in [-0.39, 0.29) is 17.5 Å². The molecule has 0 aliphatic rings. The lowest BCUT2D eigenvalue weighted by molar-refractivity contribution is -0.116. The standard InChI is InChI=1S/C21H17FN2O2S3/c1-27-17-8-9-18-19(11-17)29-21(23-18)24(12-15-3-2-10-26-15)20(25)13-28-16-6-4-14(22)5-7-16/h2-11H,12-13H2,1H3. The molecule has 2 heterocycles. The Morgan fingerprint density at radius 3 is 2.69 bits per heavy atom. The van der Waals surface area contributed by atoms with E-state index in [4.69, 9.17) is 4.42 Å². The Balaban J connectivity index is 1.58. The molecule has 8 heteroatoms. The molecule has 0 saturated heterocycles. The fourth-order valence-corrected chi connectivity index (χ4v) is 5.02. The van der Waals surface area contributed by atoms with Crippen LogP contribution in [0, 0.1) is 5.82 Å². The van der Waals surface area contributed by atoms with Crippen LogP contribution in [0.15, 0.2) is 75.1 Å². The molecule has 0 saturated carbocycles. The summed E-state index contributed by atoms with van der Waals surface area (Å²) in [6.45, 7) is 0.311. The van der Waals surface area contributed by atoms with Gasteiger partial charge in [0.15, 0.2) is 5.13 Å². The van der Waals surface area contributed by atoms with Gasteiger partial charge in [0.1, 0.15) is 11.6 Å². The number of carbonyl (C=O) groups is 1. The fourth-order valence-electron chi connectivity index (χ4n) is 2.71. The molecule has 0 fully saturated rings. The molecule has 29 heavy (non-hydrogen) atoms. The van der Waals surface area contributed by atoms with Gasteiger partial charge in [-0.15, -0.1) is 23.5 Å². The number of benzene rings is 2. The number of halogens is 1. The van der Waals surface area contributed by atoms with Crippen molar-refractivity contribution in [3.63, 3.8) is 0 Å². The summed E-state index contributed by atoms with van der Waals surface area (Å²) >= 11 is 4.53. The Morgan fingerprint density at radius 2 is 1.97 bits per heavy atom.